The fourth-order valence-corrected chi connectivity index (χ4v) is 3.12. The van der Waals surface area contributed by atoms with Gasteiger partial charge >= 0.3 is 0 Å². The maximum absolute atomic E-state index is 13.5. The Morgan fingerprint density at radius 2 is 1.96 bits per heavy atom. The molecular weight excluding hydrogens is 343 g/mol. The van der Waals surface area contributed by atoms with Crippen molar-refractivity contribution in [3.8, 4) is 11.1 Å². The van der Waals surface area contributed by atoms with E-state index in [2.05, 4.69) is 4.98 Å². The molecule has 3 heterocycles. The lowest BCUT2D eigenvalue weighted by Gasteiger charge is -2.38. The topological polar surface area (TPSA) is 38.1 Å². The smallest absolute Gasteiger partial charge is 0.282 e. The quantitative estimate of drug-likeness (QED) is 0.716. The third kappa shape index (κ3) is 2.94. The van der Waals surface area contributed by atoms with Crippen LogP contribution in [0.5, 0.6) is 0 Å². The van der Waals surface area contributed by atoms with Crippen LogP contribution < -0.4 is 0 Å². The molecule has 0 aliphatic carbocycles. The standard InChI is InChI=1S/C19H16F3N3O/c1-12-6-13(2-3-15(12)20)14-7-17-16(23-8-14)4-5-24(17)9-18(26)25-10-19(21,22)11-25/h2-8H,9-11H2,1H3. The maximum Gasteiger partial charge on any atom is 0.282 e. The molecule has 0 spiro atoms. The molecule has 1 amide bonds. The van der Waals surface area contributed by atoms with Crippen molar-refractivity contribution in [2.75, 3.05) is 13.1 Å². The number of pyridine rings is 1. The van der Waals surface area contributed by atoms with Gasteiger partial charge in [0.1, 0.15) is 12.4 Å². The Labute approximate surface area is 147 Å². The number of amides is 1. The zero-order valence-electron chi connectivity index (χ0n) is 14.0. The molecule has 1 aliphatic heterocycles. The molecule has 0 saturated carbocycles. The summed E-state index contributed by atoms with van der Waals surface area (Å²) in [5.41, 5.74) is 3.58. The number of rotatable bonds is 3. The van der Waals surface area contributed by atoms with E-state index >= 15 is 0 Å². The van der Waals surface area contributed by atoms with Gasteiger partial charge in [-0.15, -0.1) is 0 Å². The number of benzene rings is 1. The van der Waals surface area contributed by atoms with Gasteiger partial charge in [-0.2, -0.15) is 0 Å². The van der Waals surface area contributed by atoms with Gasteiger partial charge in [-0.3, -0.25) is 9.78 Å². The Bertz CT molecular complexity index is 1000. The van der Waals surface area contributed by atoms with Crippen LogP contribution in [0.4, 0.5) is 13.2 Å². The van der Waals surface area contributed by atoms with Crippen molar-refractivity contribution in [3.63, 3.8) is 0 Å². The number of aromatic nitrogens is 2. The molecule has 2 aromatic heterocycles. The van der Waals surface area contributed by atoms with E-state index in [1.165, 1.54) is 6.07 Å². The van der Waals surface area contributed by atoms with Crippen LogP contribution >= 0.6 is 0 Å². The molecule has 0 unspecified atom stereocenters. The maximum atomic E-state index is 13.5. The largest absolute Gasteiger partial charge is 0.337 e. The highest BCUT2D eigenvalue weighted by Crippen LogP contribution is 2.28. The number of halogens is 3. The van der Waals surface area contributed by atoms with Crippen LogP contribution in [-0.2, 0) is 11.3 Å². The van der Waals surface area contributed by atoms with Gasteiger partial charge in [-0.05, 0) is 42.3 Å². The minimum atomic E-state index is -2.77. The third-order valence-corrected chi connectivity index (χ3v) is 4.61. The number of likely N-dealkylation sites (tertiary alicyclic amines) is 1. The fraction of sp³-hybridized carbons (Fsp3) is 0.263. The van der Waals surface area contributed by atoms with Crippen molar-refractivity contribution >= 4 is 16.9 Å². The fourth-order valence-electron chi connectivity index (χ4n) is 3.12. The Morgan fingerprint density at radius 1 is 1.19 bits per heavy atom. The lowest BCUT2D eigenvalue weighted by Crippen LogP contribution is -2.59. The Morgan fingerprint density at radius 3 is 2.65 bits per heavy atom. The Hall–Kier alpha value is -2.83. The monoisotopic (exact) mass is 359 g/mol. The Balaban J connectivity index is 1.62. The highest BCUT2D eigenvalue weighted by Gasteiger charge is 2.46. The van der Waals surface area contributed by atoms with Gasteiger partial charge < -0.3 is 9.47 Å². The van der Waals surface area contributed by atoms with E-state index in [0.717, 1.165) is 21.5 Å². The van der Waals surface area contributed by atoms with Crippen LogP contribution in [0.3, 0.4) is 0 Å². The van der Waals surface area contributed by atoms with Crippen molar-refractivity contribution in [2.45, 2.75) is 19.4 Å². The van der Waals surface area contributed by atoms with E-state index in [9.17, 15) is 18.0 Å². The summed E-state index contributed by atoms with van der Waals surface area (Å²) in [4.78, 5) is 17.7. The molecule has 0 atom stereocenters. The van der Waals surface area contributed by atoms with E-state index < -0.39 is 19.0 Å². The van der Waals surface area contributed by atoms with Crippen LogP contribution in [0.2, 0.25) is 0 Å². The van der Waals surface area contributed by atoms with Gasteiger partial charge in [-0.25, -0.2) is 13.2 Å². The summed E-state index contributed by atoms with van der Waals surface area (Å²) in [6, 6.07) is 8.45. The van der Waals surface area contributed by atoms with Crippen LogP contribution in [0.15, 0.2) is 42.7 Å². The number of aryl methyl sites for hydroxylation is 1. The third-order valence-electron chi connectivity index (χ3n) is 4.61. The number of hydrogen-bond acceptors (Lipinski definition) is 2. The molecule has 3 aromatic rings. The predicted octanol–water partition coefficient (Wildman–Crippen LogP) is 3.63. The number of fused-ring (bicyclic) bond motifs is 1. The van der Waals surface area contributed by atoms with E-state index in [0.29, 0.717) is 11.1 Å². The first-order valence-electron chi connectivity index (χ1n) is 8.19. The first-order chi connectivity index (χ1) is 12.3. The summed E-state index contributed by atoms with van der Waals surface area (Å²) in [7, 11) is 0. The second-order valence-electron chi connectivity index (χ2n) is 6.64. The minimum Gasteiger partial charge on any atom is -0.337 e. The Kier molecular flexibility index (Phi) is 3.75. The average Bonchev–Trinajstić information content (AvgIpc) is 2.97. The summed E-state index contributed by atoms with van der Waals surface area (Å²) in [5, 5.41) is 0. The van der Waals surface area contributed by atoms with Gasteiger partial charge in [0.2, 0.25) is 5.91 Å². The molecule has 1 aromatic carbocycles. The molecule has 4 nitrogen and oxygen atoms in total. The number of alkyl halides is 2. The molecule has 1 fully saturated rings. The van der Waals surface area contributed by atoms with Crippen molar-refractivity contribution < 1.29 is 18.0 Å². The van der Waals surface area contributed by atoms with Crippen LogP contribution in [0.25, 0.3) is 22.2 Å². The SMILES string of the molecule is Cc1cc(-c2cnc3ccn(CC(=O)N4CC(F)(F)C4)c3c2)ccc1F. The number of carbonyl (C=O) groups excluding carboxylic acids is 1. The van der Waals surface area contributed by atoms with Gasteiger partial charge in [0.05, 0.1) is 24.1 Å². The predicted molar refractivity (Wildman–Crippen MR) is 91.4 cm³/mol. The van der Waals surface area contributed by atoms with E-state index in [-0.39, 0.29) is 18.3 Å². The summed E-state index contributed by atoms with van der Waals surface area (Å²) < 4.78 is 41.1. The van der Waals surface area contributed by atoms with Crippen LogP contribution in [-0.4, -0.2) is 39.4 Å². The molecule has 7 heteroatoms. The second kappa shape index (κ2) is 5.86. The first-order valence-corrected chi connectivity index (χ1v) is 8.19. The normalized spacial score (nSPS) is 15.9. The van der Waals surface area contributed by atoms with Gasteiger partial charge in [-0.1, -0.05) is 6.07 Å². The molecule has 134 valence electrons. The lowest BCUT2D eigenvalue weighted by molar-refractivity contribution is -0.166. The lowest BCUT2D eigenvalue weighted by atomic mass is 10.0. The van der Waals surface area contributed by atoms with Gasteiger partial charge in [0.15, 0.2) is 0 Å². The van der Waals surface area contributed by atoms with Crippen molar-refractivity contribution in [2.24, 2.45) is 0 Å². The number of carbonyl (C=O) groups is 1. The van der Waals surface area contributed by atoms with E-state index in [1.54, 1.807) is 42.1 Å². The summed E-state index contributed by atoms with van der Waals surface area (Å²) in [6.45, 7) is 0.620. The molecular formula is C19H16F3N3O. The van der Waals surface area contributed by atoms with Crippen molar-refractivity contribution in [1.29, 1.82) is 0 Å². The zero-order valence-corrected chi connectivity index (χ0v) is 14.0. The highest BCUT2D eigenvalue weighted by atomic mass is 19.3. The van der Waals surface area contributed by atoms with E-state index in [1.807, 2.05) is 6.07 Å². The molecule has 0 bridgehead atoms. The molecule has 0 radical (unpaired) electrons. The average molecular weight is 359 g/mol. The molecule has 1 saturated heterocycles. The summed E-state index contributed by atoms with van der Waals surface area (Å²) >= 11 is 0. The van der Waals surface area contributed by atoms with Crippen LogP contribution in [0, 0.1) is 12.7 Å². The second-order valence-corrected chi connectivity index (χ2v) is 6.64. The number of nitrogens with zero attached hydrogens (tertiary/aromatic N) is 3. The molecule has 0 N–H and O–H groups in total. The van der Waals surface area contributed by atoms with Crippen LogP contribution in [0.1, 0.15) is 5.56 Å². The number of hydrogen-bond donors (Lipinski definition) is 0. The minimum absolute atomic E-state index is 0.0207. The summed E-state index contributed by atoms with van der Waals surface area (Å²) in [6.07, 6.45) is 3.41. The highest BCUT2D eigenvalue weighted by molar-refractivity contribution is 5.84. The molecule has 26 heavy (non-hydrogen) atoms. The van der Waals surface area contributed by atoms with Crippen molar-refractivity contribution in [1.82, 2.24) is 14.5 Å². The molecule has 1 aliphatic rings. The van der Waals surface area contributed by atoms with Crippen molar-refractivity contribution in [3.05, 3.63) is 54.1 Å². The zero-order chi connectivity index (χ0) is 18.5. The van der Waals surface area contributed by atoms with Gasteiger partial charge in [0.25, 0.3) is 5.92 Å². The van der Waals surface area contributed by atoms with E-state index in [4.69, 9.17) is 0 Å². The van der Waals surface area contributed by atoms with Gasteiger partial charge in [0, 0.05) is 18.0 Å². The molecule has 4 rings (SSSR count). The first kappa shape index (κ1) is 16.6. The summed E-state index contributed by atoms with van der Waals surface area (Å²) in [5.74, 6) is -3.40.